The molecule has 6 atom stereocenters. The Labute approximate surface area is 162 Å². The van der Waals surface area contributed by atoms with Crippen molar-refractivity contribution in [3.05, 3.63) is 29.3 Å². The van der Waals surface area contributed by atoms with Crippen molar-refractivity contribution >= 4 is 5.97 Å². The van der Waals surface area contributed by atoms with Gasteiger partial charge < -0.3 is 9.47 Å². The van der Waals surface area contributed by atoms with Crippen molar-refractivity contribution in [2.75, 3.05) is 7.11 Å². The second kappa shape index (κ2) is 6.30. The molecule has 0 aromatic heterocycles. The molecule has 0 bridgehead atoms. The highest BCUT2D eigenvalue weighted by molar-refractivity contribution is 5.67. The maximum absolute atomic E-state index is 11.8. The Bertz CT molecular complexity index is 806. The van der Waals surface area contributed by atoms with Crippen LogP contribution in [-0.2, 0) is 16.0 Å². The molecule has 3 aliphatic rings. The predicted octanol–water partition coefficient (Wildman–Crippen LogP) is 4.73. The molecular weight excluding hydrogens is 336 g/mol. The molecule has 27 heavy (non-hydrogen) atoms. The quantitative estimate of drug-likeness (QED) is 0.561. The molecular formula is C24H30O3. The zero-order valence-electron chi connectivity index (χ0n) is 16.9. The van der Waals surface area contributed by atoms with Crippen LogP contribution in [0.2, 0.25) is 0 Å². The van der Waals surface area contributed by atoms with E-state index in [0.717, 1.165) is 31.4 Å². The van der Waals surface area contributed by atoms with Crippen molar-refractivity contribution in [2.24, 2.45) is 23.2 Å². The third-order valence-electron chi connectivity index (χ3n) is 7.89. The fourth-order valence-corrected chi connectivity index (χ4v) is 6.90. The number of terminal acetylenes is 1. The third kappa shape index (κ3) is 2.53. The van der Waals surface area contributed by atoms with E-state index in [1.807, 2.05) is 0 Å². The van der Waals surface area contributed by atoms with Gasteiger partial charge >= 0.3 is 5.97 Å². The summed E-state index contributed by atoms with van der Waals surface area (Å²) >= 11 is 0. The fourth-order valence-electron chi connectivity index (χ4n) is 6.90. The van der Waals surface area contributed by atoms with Crippen LogP contribution in [0.15, 0.2) is 18.2 Å². The van der Waals surface area contributed by atoms with Crippen LogP contribution < -0.4 is 4.74 Å². The van der Waals surface area contributed by atoms with E-state index >= 15 is 0 Å². The summed E-state index contributed by atoms with van der Waals surface area (Å²) in [7, 11) is 1.73. The van der Waals surface area contributed by atoms with Crippen LogP contribution in [0.4, 0.5) is 0 Å². The topological polar surface area (TPSA) is 35.5 Å². The van der Waals surface area contributed by atoms with Crippen LogP contribution in [0, 0.1) is 35.5 Å². The van der Waals surface area contributed by atoms with E-state index in [9.17, 15) is 4.79 Å². The average Bonchev–Trinajstić information content (AvgIpc) is 2.92. The van der Waals surface area contributed by atoms with E-state index < -0.39 is 5.60 Å². The zero-order valence-corrected chi connectivity index (χ0v) is 16.9. The summed E-state index contributed by atoms with van der Waals surface area (Å²) in [6.07, 6.45) is 11.1. The molecule has 144 valence electrons. The van der Waals surface area contributed by atoms with Gasteiger partial charge in [0.2, 0.25) is 0 Å². The highest BCUT2D eigenvalue weighted by atomic mass is 16.6. The Morgan fingerprint density at radius 3 is 2.78 bits per heavy atom. The first kappa shape index (κ1) is 18.4. The molecule has 1 aromatic rings. The van der Waals surface area contributed by atoms with E-state index in [1.54, 1.807) is 7.11 Å². The Hall–Kier alpha value is -1.95. The zero-order chi connectivity index (χ0) is 19.4. The minimum Gasteiger partial charge on any atom is -0.497 e. The standard InChI is InChI=1S/C24H30O3/c1-6-24(27-16(3)25)12-11-21-20-9-7-17-13-18(26-5)8-10-19(17)22(20)15(2)14-23(21,24)4/h1,8,10,13,15,20-22H,7,9,11-12,14H2,2-5H3/t15-,20-,21+,22+,23+,24+/m1/s1. The van der Waals surface area contributed by atoms with Crippen molar-refractivity contribution in [2.45, 2.75) is 64.4 Å². The van der Waals surface area contributed by atoms with Crippen LogP contribution in [0.3, 0.4) is 0 Å². The maximum Gasteiger partial charge on any atom is 0.304 e. The number of carbonyl (C=O) groups is 1. The number of fused-ring (bicyclic) bond motifs is 5. The van der Waals surface area contributed by atoms with Gasteiger partial charge in [0.1, 0.15) is 5.75 Å². The normalized spacial score (nSPS) is 39.5. The van der Waals surface area contributed by atoms with E-state index in [-0.39, 0.29) is 11.4 Å². The van der Waals surface area contributed by atoms with Gasteiger partial charge in [0.05, 0.1) is 7.11 Å². The number of aryl methyl sites for hydroxylation is 1. The van der Waals surface area contributed by atoms with Gasteiger partial charge in [-0.05, 0) is 79.0 Å². The summed E-state index contributed by atoms with van der Waals surface area (Å²) in [6.45, 7) is 6.12. The number of benzene rings is 1. The number of rotatable bonds is 2. The fraction of sp³-hybridized carbons (Fsp3) is 0.625. The Kier molecular flexibility index (Phi) is 4.29. The van der Waals surface area contributed by atoms with Crippen molar-refractivity contribution in [3.8, 4) is 18.1 Å². The Balaban J connectivity index is 1.73. The minimum absolute atomic E-state index is 0.141. The van der Waals surface area contributed by atoms with Crippen molar-refractivity contribution in [1.82, 2.24) is 0 Å². The number of ether oxygens (including phenoxy) is 2. The van der Waals surface area contributed by atoms with E-state index in [0.29, 0.717) is 23.7 Å². The maximum atomic E-state index is 11.8. The smallest absolute Gasteiger partial charge is 0.304 e. The van der Waals surface area contributed by atoms with Crippen LogP contribution in [0.5, 0.6) is 5.75 Å². The third-order valence-corrected chi connectivity index (χ3v) is 7.89. The second-order valence-electron chi connectivity index (χ2n) is 9.10. The molecule has 0 amide bonds. The van der Waals surface area contributed by atoms with Gasteiger partial charge in [-0.25, -0.2) is 0 Å². The molecule has 0 unspecified atom stereocenters. The second-order valence-corrected chi connectivity index (χ2v) is 9.10. The molecule has 3 nitrogen and oxygen atoms in total. The molecule has 3 aliphatic carbocycles. The number of esters is 1. The largest absolute Gasteiger partial charge is 0.497 e. The summed E-state index contributed by atoms with van der Waals surface area (Å²) < 4.78 is 11.3. The average molecular weight is 367 g/mol. The number of methoxy groups -OCH3 is 1. The minimum atomic E-state index is -0.747. The number of hydrogen-bond acceptors (Lipinski definition) is 3. The Morgan fingerprint density at radius 1 is 1.33 bits per heavy atom. The molecule has 2 saturated carbocycles. The van der Waals surface area contributed by atoms with E-state index in [1.165, 1.54) is 24.5 Å². The van der Waals surface area contributed by atoms with Crippen LogP contribution in [0.25, 0.3) is 0 Å². The predicted molar refractivity (Wildman–Crippen MR) is 105 cm³/mol. The van der Waals surface area contributed by atoms with Crippen LogP contribution >= 0.6 is 0 Å². The highest BCUT2D eigenvalue weighted by Crippen LogP contribution is 2.66. The molecule has 0 N–H and O–H groups in total. The summed E-state index contributed by atoms with van der Waals surface area (Å²) in [4.78, 5) is 11.8. The summed E-state index contributed by atoms with van der Waals surface area (Å²) in [5.41, 5.74) is 2.04. The van der Waals surface area contributed by atoms with Gasteiger partial charge in [0.15, 0.2) is 5.60 Å². The van der Waals surface area contributed by atoms with E-state index in [2.05, 4.69) is 38.0 Å². The first-order chi connectivity index (χ1) is 12.8. The van der Waals surface area contributed by atoms with Crippen molar-refractivity contribution in [1.29, 1.82) is 0 Å². The lowest BCUT2D eigenvalue weighted by Gasteiger charge is -2.55. The first-order valence-electron chi connectivity index (χ1n) is 10.2. The molecule has 0 saturated heterocycles. The number of hydrogen-bond donors (Lipinski definition) is 0. The lowest BCUT2D eigenvalue weighted by atomic mass is 9.50. The summed E-state index contributed by atoms with van der Waals surface area (Å²) in [5.74, 6) is 5.80. The lowest BCUT2D eigenvalue weighted by Crippen LogP contribution is -2.54. The van der Waals surface area contributed by atoms with Gasteiger partial charge in [-0.2, -0.15) is 0 Å². The van der Waals surface area contributed by atoms with Gasteiger partial charge in [0.25, 0.3) is 0 Å². The Morgan fingerprint density at radius 2 is 2.11 bits per heavy atom. The van der Waals surface area contributed by atoms with Gasteiger partial charge in [-0.1, -0.05) is 25.8 Å². The molecule has 0 heterocycles. The van der Waals surface area contributed by atoms with E-state index in [4.69, 9.17) is 15.9 Å². The molecule has 0 radical (unpaired) electrons. The monoisotopic (exact) mass is 366 g/mol. The van der Waals surface area contributed by atoms with Crippen LogP contribution in [-0.4, -0.2) is 18.7 Å². The van der Waals surface area contributed by atoms with Crippen molar-refractivity contribution in [3.63, 3.8) is 0 Å². The molecule has 3 heteroatoms. The van der Waals surface area contributed by atoms with Gasteiger partial charge in [-0.3, -0.25) is 4.79 Å². The van der Waals surface area contributed by atoms with Crippen LogP contribution in [0.1, 0.15) is 63.5 Å². The first-order valence-corrected chi connectivity index (χ1v) is 10.2. The highest BCUT2D eigenvalue weighted by Gasteiger charge is 2.65. The SMILES string of the molecule is C#C[C@]1(OC(C)=O)CC[C@H]2[C@H]3CCc4cc(OC)ccc4[C@@H]3[C@H](C)C[C@@]21C. The van der Waals surface area contributed by atoms with Crippen molar-refractivity contribution < 1.29 is 14.3 Å². The molecule has 4 rings (SSSR count). The lowest BCUT2D eigenvalue weighted by molar-refractivity contribution is -0.167. The van der Waals surface area contributed by atoms with Gasteiger partial charge in [-0.15, -0.1) is 6.42 Å². The summed E-state index contributed by atoms with van der Waals surface area (Å²) in [6, 6.07) is 6.59. The molecule has 0 spiro atoms. The molecule has 0 aliphatic heterocycles. The van der Waals surface area contributed by atoms with Gasteiger partial charge in [0, 0.05) is 12.3 Å². The molecule has 2 fully saturated rings. The number of carbonyl (C=O) groups excluding carboxylic acids is 1. The molecule has 1 aromatic carbocycles. The summed E-state index contributed by atoms with van der Waals surface area (Å²) in [5, 5.41) is 0.